The minimum Gasteiger partial charge on any atom is -0.446 e. The average molecular weight is 250 g/mol. The van der Waals surface area contributed by atoms with E-state index in [-0.39, 0.29) is 5.97 Å². The minimum atomic E-state index is -0.437. The second-order valence-corrected chi connectivity index (χ2v) is 4.05. The van der Waals surface area contributed by atoms with Crippen LogP contribution in [-0.4, -0.2) is 12.1 Å². The van der Waals surface area contributed by atoms with E-state index in [0.717, 1.165) is 5.56 Å². The third kappa shape index (κ3) is 4.01. The Morgan fingerprint density at radius 1 is 1.00 bits per heavy atom. The first-order valence-electron chi connectivity index (χ1n) is 6.08. The van der Waals surface area contributed by atoms with Crippen molar-refractivity contribution in [1.29, 1.82) is 0 Å². The first-order valence-corrected chi connectivity index (χ1v) is 6.08. The van der Waals surface area contributed by atoms with Gasteiger partial charge < -0.3 is 4.74 Å². The van der Waals surface area contributed by atoms with Crippen LogP contribution in [0.25, 0.3) is 0 Å². The Labute approximate surface area is 113 Å². The fraction of sp³-hybridized carbons (Fsp3) is 0.118. The van der Waals surface area contributed by atoms with E-state index in [4.69, 9.17) is 4.74 Å². The number of carbonyl (C=O) groups excluding carboxylic acids is 1. The van der Waals surface area contributed by atoms with E-state index in [2.05, 4.69) is 11.8 Å². The van der Waals surface area contributed by atoms with Crippen molar-refractivity contribution in [3.8, 4) is 11.8 Å². The number of esters is 1. The molecule has 0 bridgehead atoms. The predicted octanol–water partition coefficient (Wildman–Crippen LogP) is 3.28. The van der Waals surface area contributed by atoms with Crippen LogP contribution in [-0.2, 0) is 4.74 Å². The van der Waals surface area contributed by atoms with Crippen LogP contribution in [0.15, 0.2) is 60.7 Å². The Morgan fingerprint density at radius 2 is 1.58 bits per heavy atom. The third-order valence-corrected chi connectivity index (χ3v) is 2.49. The van der Waals surface area contributed by atoms with Crippen LogP contribution in [0.2, 0.25) is 0 Å². The fourth-order valence-electron chi connectivity index (χ4n) is 1.54. The second-order valence-electron chi connectivity index (χ2n) is 4.05. The van der Waals surface area contributed by atoms with Gasteiger partial charge in [-0.2, -0.15) is 0 Å². The molecule has 2 rings (SSSR count). The Balaban J connectivity index is 1.97. The predicted molar refractivity (Wildman–Crippen MR) is 74.6 cm³/mol. The van der Waals surface area contributed by atoms with E-state index in [1.54, 1.807) is 31.2 Å². The van der Waals surface area contributed by atoms with Gasteiger partial charge in [-0.05, 0) is 31.2 Å². The molecule has 19 heavy (non-hydrogen) atoms. The van der Waals surface area contributed by atoms with Crippen LogP contribution in [0.1, 0.15) is 22.8 Å². The lowest BCUT2D eigenvalue weighted by Crippen LogP contribution is -2.13. The Kier molecular flexibility index (Phi) is 4.36. The quantitative estimate of drug-likeness (QED) is 0.604. The van der Waals surface area contributed by atoms with Gasteiger partial charge in [0.05, 0.1) is 5.56 Å². The Hall–Kier alpha value is -2.53. The van der Waals surface area contributed by atoms with Crippen molar-refractivity contribution in [1.82, 2.24) is 0 Å². The standard InChI is InChI=1S/C17H14O2/c1-14(12-13-15-8-4-2-5-9-15)19-17(18)16-10-6-3-7-11-16/h2-11,14H,1H3. The van der Waals surface area contributed by atoms with E-state index in [1.165, 1.54) is 0 Å². The summed E-state index contributed by atoms with van der Waals surface area (Å²) in [6.45, 7) is 1.76. The van der Waals surface area contributed by atoms with Gasteiger partial charge in [0.25, 0.3) is 0 Å². The zero-order chi connectivity index (χ0) is 13.5. The summed E-state index contributed by atoms with van der Waals surface area (Å²) in [4.78, 5) is 11.8. The normalized spacial score (nSPS) is 11.0. The average Bonchev–Trinajstić information content (AvgIpc) is 2.47. The van der Waals surface area contributed by atoms with E-state index < -0.39 is 6.10 Å². The molecule has 1 atom stereocenters. The lowest BCUT2D eigenvalue weighted by molar-refractivity contribution is 0.0438. The molecule has 2 nitrogen and oxygen atoms in total. The van der Waals surface area contributed by atoms with Crippen molar-refractivity contribution in [3.63, 3.8) is 0 Å². The highest BCUT2D eigenvalue weighted by molar-refractivity contribution is 5.89. The highest BCUT2D eigenvalue weighted by atomic mass is 16.5. The molecule has 0 aliphatic heterocycles. The summed E-state index contributed by atoms with van der Waals surface area (Å²) in [7, 11) is 0. The number of hydrogen-bond acceptors (Lipinski definition) is 2. The van der Waals surface area contributed by atoms with Crippen molar-refractivity contribution in [2.45, 2.75) is 13.0 Å². The van der Waals surface area contributed by atoms with Gasteiger partial charge in [0.15, 0.2) is 6.10 Å². The molecule has 1 unspecified atom stereocenters. The summed E-state index contributed by atoms with van der Waals surface area (Å²) in [5.74, 6) is 5.53. The van der Waals surface area contributed by atoms with E-state index in [1.807, 2.05) is 36.4 Å². The van der Waals surface area contributed by atoms with Gasteiger partial charge in [0.2, 0.25) is 0 Å². The summed E-state index contributed by atoms with van der Waals surface area (Å²) in [6.07, 6.45) is -0.437. The molecule has 0 N–H and O–H groups in total. The largest absolute Gasteiger partial charge is 0.446 e. The lowest BCUT2D eigenvalue weighted by Gasteiger charge is -2.06. The van der Waals surface area contributed by atoms with Crippen molar-refractivity contribution >= 4 is 5.97 Å². The molecule has 0 amide bonds. The maximum atomic E-state index is 11.8. The summed E-state index contributed by atoms with van der Waals surface area (Å²) in [5, 5.41) is 0. The summed E-state index contributed by atoms with van der Waals surface area (Å²) >= 11 is 0. The highest BCUT2D eigenvalue weighted by Gasteiger charge is 2.08. The van der Waals surface area contributed by atoms with Gasteiger partial charge in [0.1, 0.15) is 0 Å². The number of rotatable bonds is 2. The SMILES string of the molecule is CC(C#Cc1ccccc1)OC(=O)c1ccccc1. The second kappa shape index (κ2) is 6.42. The Bertz CT molecular complexity index is 591. The molecule has 0 fully saturated rings. The van der Waals surface area contributed by atoms with Crippen molar-refractivity contribution in [2.75, 3.05) is 0 Å². The van der Waals surface area contributed by atoms with Crippen molar-refractivity contribution in [3.05, 3.63) is 71.8 Å². The molecule has 0 radical (unpaired) electrons. The first-order chi connectivity index (χ1) is 9.25. The molecule has 0 spiro atoms. The number of carbonyl (C=O) groups is 1. The van der Waals surface area contributed by atoms with Crippen molar-refractivity contribution in [2.24, 2.45) is 0 Å². The molecule has 2 heteroatoms. The molecule has 0 aliphatic rings. The highest BCUT2D eigenvalue weighted by Crippen LogP contribution is 2.03. The summed E-state index contributed by atoms with van der Waals surface area (Å²) < 4.78 is 5.25. The monoisotopic (exact) mass is 250 g/mol. The van der Waals surface area contributed by atoms with Crippen LogP contribution in [0.5, 0.6) is 0 Å². The maximum Gasteiger partial charge on any atom is 0.339 e. The summed E-state index contributed by atoms with van der Waals surface area (Å²) in [5.41, 5.74) is 1.45. The van der Waals surface area contributed by atoms with Gasteiger partial charge in [-0.1, -0.05) is 48.2 Å². The molecule has 0 aliphatic carbocycles. The number of benzene rings is 2. The van der Waals surface area contributed by atoms with Crippen LogP contribution >= 0.6 is 0 Å². The molecule has 0 heterocycles. The molecular formula is C17H14O2. The molecule has 94 valence electrons. The summed E-state index contributed by atoms with van der Waals surface area (Å²) in [6, 6.07) is 18.5. The van der Waals surface area contributed by atoms with E-state index in [9.17, 15) is 4.79 Å². The molecule has 2 aromatic carbocycles. The zero-order valence-electron chi connectivity index (χ0n) is 10.7. The van der Waals surface area contributed by atoms with E-state index >= 15 is 0 Å². The lowest BCUT2D eigenvalue weighted by atomic mass is 10.2. The molecule has 0 saturated heterocycles. The first kappa shape index (κ1) is 12.9. The minimum absolute atomic E-state index is 0.351. The fourth-order valence-corrected chi connectivity index (χ4v) is 1.54. The topological polar surface area (TPSA) is 26.3 Å². The van der Waals surface area contributed by atoms with E-state index in [0.29, 0.717) is 5.56 Å². The third-order valence-electron chi connectivity index (χ3n) is 2.49. The van der Waals surface area contributed by atoms with Crippen LogP contribution in [0.4, 0.5) is 0 Å². The van der Waals surface area contributed by atoms with Gasteiger partial charge >= 0.3 is 5.97 Å². The molecular weight excluding hydrogens is 236 g/mol. The smallest absolute Gasteiger partial charge is 0.339 e. The maximum absolute atomic E-state index is 11.8. The van der Waals surface area contributed by atoms with Crippen LogP contribution in [0, 0.1) is 11.8 Å². The van der Waals surface area contributed by atoms with Crippen molar-refractivity contribution < 1.29 is 9.53 Å². The van der Waals surface area contributed by atoms with Gasteiger partial charge in [-0.25, -0.2) is 4.79 Å². The molecule has 0 saturated carbocycles. The molecule has 0 aromatic heterocycles. The van der Waals surface area contributed by atoms with Crippen LogP contribution < -0.4 is 0 Å². The number of ether oxygens (including phenoxy) is 1. The van der Waals surface area contributed by atoms with Gasteiger partial charge in [-0.15, -0.1) is 0 Å². The number of hydrogen-bond donors (Lipinski definition) is 0. The van der Waals surface area contributed by atoms with Gasteiger partial charge in [0, 0.05) is 5.56 Å². The Morgan fingerprint density at radius 3 is 2.21 bits per heavy atom. The van der Waals surface area contributed by atoms with Gasteiger partial charge in [-0.3, -0.25) is 0 Å². The van der Waals surface area contributed by atoms with Crippen LogP contribution in [0.3, 0.4) is 0 Å². The molecule has 2 aromatic rings. The zero-order valence-corrected chi connectivity index (χ0v) is 10.7.